The molecule has 0 radical (unpaired) electrons. The molecule has 0 aliphatic heterocycles. The number of amides is 1. The molecule has 3 N–H and O–H groups in total. The second-order valence-electron chi connectivity index (χ2n) is 6.26. The molecule has 20 heavy (non-hydrogen) atoms. The van der Waals surface area contributed by atoms with Gasteiger partial charge in [-0.2, -0.15) is 0 Å². The van der Waals surface area contributed by atoms with E-state index in [2.05, 4.69) is 24.3 Å². The van der Waals surface area contributed by atoms with Gasteiger partial charge in [-0.3, -0.25) is 4.79 Å². The van der Waals surface area contributed by atoms with Crippen molar-refractivity contribution in [1.82, 2.24) is 10.2 Å². The Morgan fingerprint density at radius 3 is 2.35 bits per heavy atom. The fourth-order valence-corrected chi connectivity index (χ4v) is 3.34. The van der Waals surface area contributed by atoms with Gasteiger partial charge in [0, 0.05) is 24.0 Å². The molecule has 2 aliphatic carbocycles. The van der Waals surface area contributed by atoms with Gasteiger partial charge >= 0.3 is 0 Å². The zero-order chi connectivity index (χ0) is 13.1. The average molecular weight is 326 g/mol. The Kier molecular flexibility index (Phi) is 9.07. The monoisotopic (exact) mass is 325 g/mol. The van der Waals surface area contributed by atoms with Gasteiger partial charge in [0.15, 0.2) is 0 Å². The molecule has 2 aliphatic rings. The standard InChI is InChI=1S/C14H27N3O.2ClH/c1-17(2)13-5-3-4-12(9-13)16-14(18)10-6-7-11(15)8-10;;/h10-13H,3-9,15H2,1-2H3,(H,16,18);2*1H. The summed E-state index contributed by atoms with van der Waals surface area (Å²) in [4.78, 5) is 14.4. The van der Waals surface area contributed by atoms with Crippen LogP contribution in [0.2, 0.25) is 0 Å². The molecule has 0 aromatic heterocycles. The molecule has 1 amide bonds. The maximum atomic E-state index is 12.2. The van der Waals surface area contributed by atoms with Crippen molar-refractivity contribution < 1.29 is 4.79 Å². The first-order valence-electron chi connectivity index (χ1n) is 7.28. The molecule has 0 heterocycles. The van der Waals surface area contributed by atoms with Crippen LogP contribution in [-0.4, -0.2) is 43.0 Å². The van der Waals surface area contributed by atoms with Crippen LogP contribution < -0.4 is 11.1 Å². The summed E-state index contributed by atoms with van der Waals surface area (Å²) in [5.74, 6) is 0.409. The third-order valence-corrected chi connectivity index (χ3v) is 4.57. The average Bonchev–Trinajstić information content (AvgIpc) is 2.76. The number of rotatable bonds is 3. The Labute approximate surface area is 135 Å². The molecule has 2 fully saturated rings. The van der Waals surface area contributed by atoms with Crippen LogP contribution in [0.5, 0.6) is 0 Å². The molecule has 6 heteroatoms. The quantitative estimate of drug-likeness (QED) is 0.833. The molecule has 2 rings (SSSR count). The highest BCUT2D eigenvalue weighted by Gasteiger charge is 2.30. The number of nitrogens with one attached hydrogen (secondary N) is 1. The summed E-state index contributed by atoms with van der Waals surface area (Å²) < 4.78 is 0. The smallest absolute Gasteiger partial charge is 0.223 e. The van der Waals surface area contributed by atoms with Crippen molar-refractivity contribution in [3.63, 3.8) is 0 Å². The summed E-state index contributed by atoms with van der Waals surface area (Å²) >= 11 is 0. The van der Waals surface area contributed by atoms with Crippen LogP contribution in [0, 0.1) is 5.92 Å². The van der Waals surface area contributed by atoms with Crippen molar-refractivity contribution in [2.45, 2.75) is 63.1 Å². The van der Waals surface area contributed by atoms with Gasteiger partial charge in [0.05, 0.1) is 0 Å². The lowest BCUT2D eigenvalue weighted by molar-refractivity contribution is -0.125. The van der Waals surface area contributed by atoms with E-state index < -0.39 is 0 Å². The van der Waals surface area contributed by atoms with Gasteiger partial charge in [-0.05, 0) is 59.0 Å². The van der Waals surface area contributed by atoms with Gasteiger partial charge in [-0.15, -0.1) is 24.8 Å². The lowest BCUT2D eigenvalue weighted by atomic mass is 9.90. The minimum Gasteiger partial charge on any atom is -0.353 e. The molecule has 2 saturated carbocycles. The number of carbonyl (C=O) groups is 1. The molecule has 0 aromatic carbocycles. The van der Waals surface area contributed by atoms with E-state index in [1.165, 1.54) is 12.8 Å². The summed E-state index contributed by atoms with van der Waals surface area (Å²) in [6.45, 7) is 0. The Morgan fingerprint density at radius 2 is 1.80 bits per heavy atom. The van der Waals surface area contributed by atoms with Crippen LogP contribution in [0.15, 0.2) is 0 Å². The number of hydrogen-bond donors (Lipinski definition) is 2. The Hall–Kier alpha value is -0.0300. The van der Waals surface area contributed by atoms with Crippen LogP contribution in [0.1, 0.15) is 44.9 Å². The highest BCUT2D eigenvalue weighted by atomic mass is 35.5. The number of nitrogens with zero attached hydrogens (tertiary/aromatic N) is 1. The summed E-state index contributed by atoms with van der Waals surface area (Å²) in [5.41, 5.74) is 5.87. The van der Waals surface area contributed by atoms with E-state index in [0.29, 0.717) is 12.1 Å². The molecule has 120 valence electrons. The normalized spacial score (nSPS) is 33.2. The Morgan fingerprint density at radius 1 is 1.10 bits per heavy atom. The predicted molar refractivity (Wildman–Crippen MR) is 87.7 cm³/mol. The SMILES string of the molecule is CN(C)C1CCCC(NC(=O)C2CCC(N)C2)C1.Cl.Cl. The Balaban J connectivity index is 0.00000180. The molecule has 0 spiro atoms. The van der Waals surface area contributed by atoms with E-state index >= 15 is 0 Å². The second kappa shape index (κ2) is 9.08. The highest BCUT2D eigenvalue weighted by molar-refractivity contribution is 5.85. The van der Waals surface area contributed by atoms with Gasteiger partial charge in [0.1, 0.15) is 0 Å². The molecule has 4 atom stereocenters. The van der Waals surface area contributed by atoms with Gasteiger partial charge in [0.2, 0.25) is 5.91 Å². The minimum atomic E-state index is 0. The van der Waals surface area contributed by atoms with Crippen molar-refractivity contribution in [3.8, 4) is 0 Å². The molecule has 0 saturated heterocycles. The fraction of sp³-hybridized carbons (Fsp3) is 0.929. The van der Waals surface area contributed by atoms with E-state index in [1.807, 2.05) is 0 Å². The lowest BCUT2D eigenvalue weighted by Gasteiger charge is -2.34. The summed E-state index contributed by atoms with van der Waals surface area (Å²) in [6, 6.07) is 1.23. The van der Waals surface area contributed by atoms with Gasteiger partial charge in [0.25, 0.3) is 0 Å². The summed E-state index contributed by atoms with van der Waals surface area (Å²) in [5, 5.41) is 3.25. The zero-order valence-electron chi connectivity index (χ0n) is 12.5. The van der Waals surface area contributed by atoms with Crippen molar-refractivity contribution in [1.29, 1.82) is 0 Å². The second-order valence-corrected chi connectivity index (χ2v) is 6.26. The number of nitrogens with two attached hydrogens (primary N) is 1. The van der Waals surface area contributed by atoms with Crippen LogP contribution in [0.25, 0.3) is 0 Å². The van der Waals surface area contributed by atoms with E-state index in [0.717, 1.165) is 32.1 Å². The third-order valence-electron chi connectivity index (χ3n) is 4.57. The largest absolute Gasteiger partial charge is 0.353 e. The maximum Gasteiger partial charge on any atom is 0.223 e. The first-order chi connectivity index (χ1) is 8.56. The van der Waals surface area contributed by atoms with Crippen LogP contribution in [-0.2, 0) is 4.79 Å². The predicted octanol–water partition coefficient (Wildman–Crippen LogP) is 1.95. The fourth-order valence-electron chi connectivity index (χ4n) is 3.34. The van der Waals surface area contributed by atoms with Gasteiger partial charge in [-0.25, -0.2) is 0 Å². The van der Waals surface area contributed by atoms with Crippen molar-refractivity contribution in [3.05, 3.63) is 0 Å². The van der Waals surface area contributed by atoms with Crippen molar-refractivity contribution >= 4 is 30.7 Å². The molecule has 0 bridgehead atoms. The van der Waals surface area contributed by atoms with Crippen LogP contribution >= 0.6 is 24.8 Å². The Bertz CT molecular complexity index is 302. The third kappa shape index (κ3) is 5.40. The number of carbonyl (C=O) groups excluding carboxylic acids is 1. The number of halogens is 2. The van der Waals surface area contributed by atoms with E-state index in [4.69, 9.17) is 5.73 Å². The molecular weight excluding hydrogens is 297 g/mol. The highest BCUT2D eigenvalue weighted by Crippen LogP contribution is 2.26. The van der Waals surface area contributed by atoms with E-state index in [1.54, 1.807) is 0 Å². The molecule has 4 nitrogen and oxygen atoms in total. The van der Waals surface area contributed by atoms with Crippen molar-refractivity contribution in [2.24, 2.45) is 11.7 Å². The summed E-state index contributed by atoms with van der Waals surface area (Å²) in [7, 11) is 4.26. The first kappa shape index (κ1) is 20.0. The molecule has 4 unspecified atom stereocenters. The van der Waals surface area contributed by atoms with Crippen LogP contribution in [0.4, 0.5) is 0 Å². The van der Waals surface area contributed by atoms with Gasteiger partial charge < -0.3 is 16.0 Å². The maximum absolute atomic E-state index is 12.2. The molecule has 0 aromatic rings. The number of hydrogen-bond acceptors (Lipinski definition) is 3. The minimum absolute atomic E-state index is 0. The van der Waals surface area contributed by atoms with E-state index in [9.17, 15) is 4.79 Å². The van der Waals surface area contributed by atoms with E-state index in [-0.39, 0.29) is 42.7 Å². The van der Waals surface area contributed by atoms with Crippen molar-refractivity contribution in [2.75, 3.05) is 14.1 Å². The topological polar surface area (TPSA) is 58.4 Å². The summed E-state index contributed by atoms with van der Waals surface area (Å²) in [6.07, 6.45) is 7.55. The first-order valence-corrected chi connectivity index (χ1v) is 7.28. The lowest BCUT2D eigenvalue weighted by Crippen LogP contribution is -2.45. The van der Waals surface area contributed by atoms with Gasteiger partial charge in [-0.1, -0.05) is 0 Å². The van der Waals surface area contributed by atoms with Crippen LogP contribution in [0.3, 0.4) is 0 Å². The zero-order valence-corrected chi connectivity index (χ0v) is 14.1. The molecular formula is C14H29Cl2N3O.